The minimum Gasteiger partial charge on any atom is -0.445 e. The molecule has 0 spiro atoms. The van der Waals surface area contributed by atoms with Gasteiger partial charge in [-0.05, 0) is 54.2 Å². The summed E-state index contributed by atoms with van der Waals surface area (Å²) in [5.41, 5.74) is 2.77. The van der Waals surface area contributed by atoms with Crippen molar-refractivity contribution < 1.29 is 32.2 Å². The summed E-state index contributed by atoms with van der Waals surface area (Å²) in [6.45, 7) is 7.26. The number of morpholine rings is 1. The zero-order valence-electron chi connectivity index (χ0n) is 27.5. The van der Waals surface area contributed by atoms with Gasteiger partial charge in [-0.2, -0.15) is 13.2 Å². The van der Waals surface area contributed by atoms with Crippen molar-refractivity contribution in [2.75, 3.05) is 49.6 Å². The number of hydrogen-bond acceptors (Lipinski definition) is 7. The summed E-state index contributed by atoms with van der Waals surface area (Å²) in [7, 11) is 0. The van der Waals surface area contributed by atoms with Gasteiger partial charge in [0.25, 0.3) is 0 Å². The molecule has 4 N–H and O–H groups in total. The lowest BCUT2D eigenvalue weighted by molar-refractivity contribution is -0.161. The van der Waals surface area contributed by atoms with Gasteiger partial charge in [0, 0.05) is 43.6 Å². The van der Waals surface area contributed by atoms with Crippen LogP contribution < -0.4 is 26.2 Å². The fourth-order valence-electron chi connectivity index (χ4n) is 5.45. The molecule has 4 rings (SSSR count). The first kappa shape index (κ1) is 36.5. The van der Waals surface area contributed by atoms with Crippen LogP contribution in [-0.4, -0.2) is 69.7 Å². The number of nitrogens with one attached hydrogen (secondary N) is 4. The number of rotatable bonds is 16. The van der Waals surface area contributed by atoms with E-state index in [1.165, 1.54) is 12.1 Å². The molecule has 1 aliphatic rings. The smallest absolute Gasteiger partial charge is 0.407 e. The van der Waals surface area contributed by atoms with Crippen LogP contribution >= 0.6 is 0 Å². The van der Waals surface area contributed by atoms with Gasteiger partial charge in [0.15, 0.2) is 0 Å². The topological polar surface area (TPSA) is 104 Å². The summed E-state index contributed by atoms with van der Waals surface area (Å²) in [5, 5.41) is 11.6. The minimum absolute atomic E-state index is 0.0310. The van der Waals surface area contributed by atoms with Crippen molar-refractivity contribution >= 4 is 23.4 Å². The Kier molecular flexibility index (Phi) is 13.9. The lowest BCUT2D eigenvalue weighted by Crippen LogP contribution is -2.53. The minimum atomic E-state index is -4.62. The molecule has 0 aromatic heterocycles. The van der Waals surface area contributed by atoms with E-state index >= 15 is 0 Å². The van der Waals surface area contributed by atoms with Crippen molar-refractivity contribution in [3.63, 3.8) is 0 Å². The highest BCUT2D eigenvalue weighted by Gasteiger charge is 2.43. The summed E-state index contributed by atoms with van der Waals surface area (Å²) in [6, 6.07) is 21.0. The van der Waals surface area contributed by atoms with Crippen molar-refractivity contribution in [1.82, 2.24) is 16.0 Å². The molecular weight excluding hydrogens is 623 g/mol. The molecule has 3 aromatic carbocycles. The first-order valence-electron chi connectivity index (χ1n) is 16.4. The van der Waals surface area contributed by atoms with Crippen LogP contribution in [0.1, 0.15) is 43.9 Å². The second-order valence-electron chi connectivity index (χ2n) is 12.2. The van der Waals surface area contributed by atoms with Crippen molar-refractivity contribution in [1.29, 1.82) is 0 Å². The molecule has 2 amide bonds. The van der Waals surface area contributed by atoms with Crippen LogP contribution in [0, 0.1) is 5.92 Å². The number of amides is 2. The first-order valence-corrected chi connectivity index (χ1v) is 16.4. The van der Waals surface area contributed by atoms with Crippen molar-refractivity contribution in [2.45, 2.75) is 57.6 Å². The molecule has 260 valence electrons. The number of benzene rings is 3. The monoisotopic (exact) mass is 669 g/mol. The zero-order chi connectivity index (χ0) is 34.4. The number of hydrogen-bond donors (Lipinski definition) is 4. The first-order chi connectivity index (χ1) is 23.1. The maximum absolute atomic E-state index is 14.2. The molecule has 0 unspecified atom stereocenters. The molecule has 0 radical (unpaired) electrons. The quantitative estimate of drug-likeness (QED) is 0.147. The lowest BCUT2D eigenvalue weighted by Gasteiger charge is -2.30. The van der Waals surface area contributed by atoms with E-state index in [0.29, 0.717) is 19.6 Å². The van der Waals surface area contributed by atoms with Gasteiger partial charge in [0.1, 0.15) is 12.6 Å². The Hall–Kier alpha value is -4.29. The van der Waals surface area contributed by atoms with Gasteiger partial charge in [-0.1, -0.05) is 74.5 Å². The number of halogens is 3. The number of carbonyl (C=O) groups excluding carboxylic acids is 2. The molecule has 3 atom stereocenters. The lowest BCUT2D eigenvalue weighted by atomic mass is 9.99. The summed E-state index contributed by atoms with van der Waals surface area (Å²) in [5.74, 6) is -0.601. The number of ether oxygens (including phenoxy) is 2. The number of anilines is 2. The average molecular weight is 670 g/mol. The molecule has 9 nitrogen and oxygen atoms in total. The van der Waals surface area contributed by atoms with E-state index < -0.39 is 36.3 Å². The predicted molar refractivity (Wildman–Crippen MR) is 181 cm³/mol. The van der Waals surface area contributed by atoms with Crippen LogP contribution in [0.25, 0.3) is 0 Å². The van der Waals surface area contributed by atoms with Gasteiger partial charge in [0.05, 0.1) is 19.3 Å². The molecule has 48 heavy (non-hydrogen) atoms. The number of alkyl carbamates (subject to hydrolysis) is 1. The van der Waals surface area contributed by atoms with Crippen LogP contribution in [0.4, 0.5) is 29.3 Å². The summed E-state index contributed by atoms with van der Waals surface area (Å²) in [6.07, 6.45) is -4.72. The third kappa shape index (κ3) is 12.1. The van der Waals surface area contributed by atoms with Crippen LogP contribution in [-0.2, 0) is 20.9 Å². The third-order valence-corrected chi connectivity index (χ3v) is 7.97. The number of carbonyl (C=O) groups is 2. The molecule has 3 aromatic rings. The van der Waals surface area contributed by atoms with E-state index in [4.69, 9.17) is 9.47 Å². The molecule has 12 heteroatoms. The maximum atomic E-state index is 14.2. The zero-order valence-corrected chi connectivity index (χ0v) is 27.5. The molecule has 0 bridgehead atoms. The molecule has 0 saturated carbocycles. The van der Waals surface area contributed by atoms with E-state index in [0.717, 1.165) is 30.0 Å². The Morgan fingerprint density at radius 3 is 2.19 bits per heavy atom. The summed E-state index contributed by atoms with van der Waals surface area (Å²) in [4.78, 5) is 28.3. The third-order valence-electron chi connectivity index (χ3n) is 7.97. The number of alkyl halides is 3. The van der Waals surface area contributed by atoms with Gasteiger partial charge in [-0.25, -0.2) is 4.79 Å². The fraction of sp³-hybridized carbons (Fsp3) is 0.444. The summed E-state index contributed by atoms with van der Waals surface area (Å²) >= 11 is 0. The second kappa shape index (κ2) is 18.3. The molecule has 0 aliphatic carbocycles. The Morgan fingerprint density at radius 1 is 0.917 bits per heavy atom. The van der Waals surface area contributed by atoms with Crippen molar-refractivity contribution in [3.8, 4) is 0 Å². The largest absolute Gasteiger partial charge is 0.445 e. The van der Waals surface area contributed by atoms with Crippen LogP contribution in [0.5, 0.6) is 0 Å². The molecule has 1 heterocycles. The standard InChI is InChI=1S/C36H46F3N5O4/c1-26(2)23-32(43-33(36(37,38)39)28-11-7-4-8-12-28)34(45)42-30(17-18-40-35(46)48-25-27-9-5-3-6-10-27)24-41-29-13-15-31(16-14-29)44-19-21-47-22-20-44/h3-16,26,30,32-33,41,43H,17-25H2,1-2H3,(H,40,46)(H,42,45)/t30-,32-,33-/m0/s1. The van der Waals surface area contributed by atoms with Crippen molar-refractivity contribution in [2.24, 2.45) is 5.92 Å². The van der Waals surface area contributed by atoms with Gasteiger partial charge in [0.2, 0.25) is 5.91 Å². The highest BCUT2D eigenvalue weighted by molar-refractivity contribution is 5.82. The van der Waals surface area contributed by atoms with E-state index in [9.17, 15) is 22.8 Å². The van der Waals surface area contributed by atoms with E-state index in [1.807, 2.05) is 68.4 Å². The van der Waals surface area contributed by atoms with Gasteiger partial charge in [-0.15, -0.1) is 0 Å². The Balaban J connectivity index is 1.42. The number of nitrogens with zero attached hydrogens (tertiary/aromatic N) is 1. The van der Waals surface area contributed by atoms with Gasteiger partial charge < -0.3 is 30.3 Å². The van der Waals surface area contributed by atoms with Gasteiger partial charge >= 0.3 is 12.3 Å². The van der Waals surface area contributed by atoms with Crippen LogP contribution in [0.3, 0.4) is 0 Å². The second-order valence-corrected chi connectivity index (χ2v) is 12.2. The van der Waals surface area contributed by atoms with E-state index in [1.54, 1.807) is 18.2 Å². The summed E-state index contributed by atoms with van der Waals surface area (Å²) < 4.78 is 53.4. The Labute approximate surface area is 280 Å². The average Bonchev–Trinajstić information content (AvgIpc) is 3.08. The van der Waals surface area contributed by atoms with Crippen LogP contribution in [0.2, 0.25) is 0 Å². The highest BCUT2D eigenvalue weighted by atomic mass is 19.4. The molecule has 1 aliphatic heterocycles. The van der Waals surface area contributed by atoms with E-state index in [2.05, 4.69) is 26.2 Å². The van der Waals surface area contributed by atoms with Gasteiger partial charge in [-0.3, -0.25) is 10.1 Å². The normalized spacial score (nSPS) is 15.3. The highest BCUT2D eigenvalue weighted by Crippen LogP contribution is 2.33. The van der Waals surface area contributed by atoms with Crippen LogP contribution in [0.15, 0.2) is 84.9 Å². The molecule has 1 saturated heterocycles. The maximum Gasteiger partial charge on any atom is 0.407 e. The molecular formula is C36H46F3N5O4. The Bertz CT molecular complexity index is 1390. The molecule has 1 fully saturated rings. The fourth-order valence-corrected chi connectivity index (χ4v) is 5.45. The van der Waals surface area contributed by atoms with E-state index in [-0.39, 0.29) is 37.6 Å². The predicted octanol–water partition coefficient (Wildman–Crippen LogP) is 6.04. The van der Waals surface area contributed by atoms with Crippen molar-refractivity contribution in [3.05, 3.63) is 96.1 Å². The Morgan fingerprint density at radius 2 is 1.56 bits per heavy atom. The SMILES string of the molecule is CC(C)C[C@H](N[C@@H](c1ccccc1)C(F)(F)F)C(=O)N[C@@H](CCNC(=O)OCc1ccccc1)CNc1ccc(N2CCOCC2)cc1.